The minimum atomic E-state index is -0.292. The molecule has 0 spiro atoms. The first kappa shape index (κ1) is 24.1. The van der Waals surface area contributed by atoms with Gasteiger partial charge in [0.2, 0.25) is 5.91 Å². The molecule has 1 saturated heterocycles. The fraction of sp³-hybridized carbons (Fsp3) is 0.316. The summed E-state index contributed by atoms with van der Waals surface area (Å²) in [5.74, 6) is 5.24. The molecule has 0 saturated carbocycles. The fourth-order valence-electron chi connectivity index (χ4n) is 2.14. The quantitative estimate of drug-likeness (QED) is 0.532. The van der Waals surface area contributed by atoms with Crippen LogP contribution in [0.4, 0.5) is 4.39 Å². The molecular weight excluding hydrogens is 347 g/mol. The van der Waals surface area contributed by atoms with Crippen molar-refractivity contribution in [1.29, 1.82) is 0 Å². The van der Waals surface area contributed by atoms with Crippen molar-refractivity contribution in [2.45, 2.75) is 12.3 Å². The van der Waals surface area contributed by atoms with Gasteiger partial charge in [-0.15, -0.1) is 5.10 Å². The number of hydrogen-bond acceptors (Lipinski definition) is 6. The number of hydrogen-bond donors (Lipinski definition) is 4. The summed E-state index contributed by atoms with van der Waals surface area (Å²) < 4.78 is 12.8. The highest BCUT2D eigenvalue weighted by Crippen LogP contribution is 2.20. The Kier molecular flexibility index (Phi) is 12.8. The van der Waals surface area contributed by atoms with Crippen molar-refractivity contribution in [2.24, 2.45) is 17.2 Å². The third kappa shape index (κ3) is 7.92. The molecule has 2 heterocycles. The Morgan fingerprint density at radius 1 is 0.963 bits per heavy atom. The topological polar surface area (TPSA) is 133 Å². The highest BCUT2D eigenvalue weighted by molar-refractivity contribution is 5.85. The highest BCUT2D eigenvalue weighted by Gasteiger charge is 2.27. The van der Waals surface area contributed by atoms with Crippen LogP contribution in [0.3, 0.4) is 0 Å². The predicted octanol–water partition coefficient (Wildman–Crippen LogP) is 0.344. The minimum absolute atomic E-state index is 0.00514. The highest BCUT2D eigenvalue weighted by atomic mass is 19.1. The van der Waals surface area contributed by atoms with Crippen LogP contribution < -0.4 is 22.5 Å². The van der Waals surface area contributed by atoms with Gasteiger partial charge in [0.15, 0.2) is 0 Å². The summed E-state index contributed by atoms with van der Waals surface area (Å²) >= 11 is 0. The molecule has 7 N–H and O–H groups in total. The number of benzene rings is 1. The van der Waals surface area contributed by atoms with E-state index in [0.717, 1.165) is 6.42 Å². The lowest BCUT2D eigenvalue weighted by Gasteiger charge is -2.04. The van der Waals surface area contributed by atoms with Crippen LogP contribution in [0.5, 0.6) is 0 Å². The van der Waals surface area contributed by atoms with Gasteiger partial charge in [0.1, 0.15) is 11.5 Å². The van der Waals surface area contributed by atoms with Crippen LogP contribution in [-0.2, 0) is 4.79 Å². The van der Waals surface area contributed by atoms with E-state index in [0.29, 0.717) is 23.5 Å². The molecule has 3 rings (SSSR count). The van der Waals surface area contributed by atoms with E-state index in [9.17, 15) is 9.18 Å². The minimum Gasteiger partial charge on any atom is -0.355 e. The van der Waals surface area contributed by atoms with Gasteiger partial charge in [0.05, 0.1) is 11.6 Å². The number of nitrogens with one attached hydrogen (secondary N) is 1. The molecule has 0 radical (unpaired) electrons. The van der Waals surface area contributed by atoms with Gasteiger partial charge >= 0.3 is 0 Å². The van der Waals surface area contributed by atoms with Gasteiger partial charge in [-0.3, -0.25) is 4.79 Å². The number of nitrogens with zero attached hydrogens (tertiary/aromatic N) is 2. The lowest BCUT2D eigenvalue weighted by molar-refractivity contribution is -0.120. The Hall–Kier alpha value is -2.86. The zero-order valence-electron chi connectivity index (χ0n) is 15.9. The average Bonchev–Trinajstić information content (AvgIpc) is 3.18. The van der Waals surface area contributed by atoms with Crippen LogP contribution in [0.15, 0.2) is 36.4 Å². The number of amides is 1. The van der Waals surface area contributed by atoms with E-state index in [-0.39, 0.29) is 17.6 Å². The summed E-state index contributed by atoms with van der Waals surface area (Å²) in [7, 11) is 4.50. The van der Waals surface area contributed by atoms with E-state index in [1.165, 1.54) is 33.3 Å². The summed E-state index contributed by atoms with van der Waals surface area (Å²) in [5, 5.41) is 10.8. The number of aromatic nitrogens is 2. The zero-order chi connectivity index (χ0) is 20.7. The molecule has 27 heavy (non-hydrogen) atoms. The lowest BCUT2D eigenvalue weighted by atomic mass is 10.0. The van der Waals surface area contributed by atoms with Gasteiger partial charge in [-0.2, -0.15) is 5.10 Å². The second-order valence-corrected chi connectivity index (χ2v) is 4.73. The molecule has 0 bridgehead atoms. The number of nitrogens with two attached hydrogens (primary N) is 3. The van der Waals surface area contributed by atoms with Gasteiger partial charge in [0, 0.05) is 12.1 Å². The second kappa shape index (κ2) is 14.3. The van der Waals surface area contributed by atoms with Crippen molar-refractivity contribution in [3.8, 4) is 11.8 Å². The van der Waals surface area contributed by atoms with Crippen LogP contribution in [0.2, 0.25) is 0 Å². The van der Waals surface area contributed by atoms with Crippen LogP contribution >= 0.6 is 0 Å². The molecule has 1 aromatic heterocycles. The molecular formula is C19H27FN6O. The Morgan fingerprint density at radius 2 is 1.59 bits per heavy atom. The molecule has 146 valence electrons. The smallest absolute Gasteiger partial charge is 0.229 e. The summed E-state index contributed by atoms with van der Waals surface area (Å²) in [4.78, 5) is 11.6. The zero-order valence-corrected chi connectivity index (χ0v) is 15.9. The molecule has 1 aliphatic rings. The Morgan fingerprint density at radius 3 is 2.07 bits per heavy atom. The normalized spacial score (nSPS) is 13.9. The Labute approximate surface area is 159 Å². The van der Waals surface area contributed by atoms with E-state index < -0.39 is 0 Å². The van der Waals surface area contributed by atoms with Crippen molar-refractivity contribution in [2.75, 3.05) is 27.7 Å². The largest absolute Gasteiger partial charge is 0.355 e. The van der Waals surface area contributed by atoms with E-state index in [4.69, 9.17) is 0 Å². The summed E-state index contributed by atoms with van der Waals surface area (Å²) in [6, 6.07) is 9.44. The monoisotopic (exact) mass is 374 g/mol. The average molecular weight is 374 g/mol. The molecule has 1 aromatic carbocycles. The van der Waals surface area contributed by atoms with E-state index in [2.05, 4.69) is 44.6 Å². The summed E-state index contributed by atoms with van der Waals surface area (Å²) in [6.07, 6.45) is 0.744. The molecule has 1 amide bonds. The van der Waals surface area contributed by atoms with Gasteiger partial charge in [-0.05, 0) is 69.9 Å². The number of carbonyl (C=O) groups excluding carboxylic acids is 1. The van der Waals surface area contributed by atoms with Gasteiger partial charge in [-0.25, -0.2) is 4.39 Å². The standard InChI is InChI=1S/C16H12FN3O.3CH5N/c17-12-4-1-11(2-5-12)3-6-13-7-8-15(20-19-13)14-9-10-18-16(14)21;3*1-2/h1-2,4-5,7-8,14H,9-10H2,(H,18,21);3*2H2,1H3. The maximum atomic E-state index is 12.8. The van der Waals surface area contributed by atoms with E-state index in [1.54, 1.807) is 24.3 Å². The third-order valence-electron chi connectivity index (χ3n) is 3.27. The first-order chi connectivity index (χ1) is 13.2. The van der Waals surface area contributed by atoms with Crippen molar-refractivity contribution < 1.29 is 9.18 Å². The van der Waals surface area contributed by atoms with Crippen LogP contribution in [0.25, 0.3) is 0 Å². The van der Waals surface area contributed by atoms with Crippen LogP contribution in [0.1, 0.15) is 29.3 Å². The van der Waals surface area contributed by atoms with Crippen molar-refractivity contribution in [3.63, 3.8) is 0 Å². The summed E-state index contributed by atoms with van der Waals surface area (Å²) in [5.41, 5.74) is 15.4. The Balaban J connectivity index is 0.00000103. The van der Waals surface area contributed by atoms with Crippen molar-refractivity contribution >= 4 is 5.91 Å². The molecule has 2 aromatic rings. The SMILES string of the molecule is CN.CN.CN.O=C1NCCC1c1ccc(C#Cc2ccc(F)cc2)nn1. The fourth-order valence-corrected chi connectivity index (χ4v) is 2.14. The third-order valence-corrected chi connectivity index (χ3v) is 3.27. The maximum absolute atomic E-state index is 12.8. The second-order valence-electron chi connectivity index (χ2n) is 4.73. The number of carbonyl (C=O) groups is 1. The summed E-state index contributed by atoms with van der Waals surface area (Å²) in [6.45, 7) is 0.678. The van der Waals surface area contributed by atoms with Crippen LogP contribution in [0, 0.1) is 17.7 Å². The van der Waals surface area contributed by atoms with E-state index >= 15 is 0 Å². The number of rotatable bonds is 1. The maximum Gasteiger partial charge on any atom is 0.229 e. The molecule has 1 fully saturated rings. The van der Waals surface area contributed by atoms with Gasteiger partial charge in [-0.1, -0.05) is 5.92 Å². The first-order valence-electron chi connectivity index (χ1n) is 8.34. The number of halogens is 1. The molecule has 8 heteroatoms. The molecule has 0 aliphatic carbocycles. The van der Waals surface area contributed by atoms with Crippen LogP contribution in [-0.4, -0.2) is 43.8 Å². The Bertz CT molecular complexity index is 723. The van der Waals surface area contributed by atoms with E-state index in [1.807, 2.05) is 0 Å². The molecule has 1 unspecified atom stereocenters. The van der Waals surface area contributed by atoms with Gasteiger partial charge < -0.3 is 22.5 Å². The molecule has 1 aliphatic heterocycles. The predicted molar refractivity (Wildman–Crippen MR) is 105 cm³/mol. The van der Waals surface area contributed by atoms with Gasteiger partial charge in [0.25, 0.3) is 0 Å². The van der Waals surface area contributed by atoms with Crippen molar-refractivity contribution in [1.82, 2.24) is 15.5 Å². The lowest BCUT2D eigenvalue weighted by Crippen LogP contribution is -2.18. The molecule has 7 nitrogen and oxygen atoms in total. The van der Waals surface area contributed by atoms with Crippen molar-refractivity contribution in [3.05, 3.63) is 59.2 Å². The molecule has 1 atom stereocenters. The first-order valence-corrected chi connectivity index (χ1v) is 8.34.